The average molecular weight is 282 g/mol. The van der Waals surface area contributed by atoms with Crippen molar-refractivity contribution in [2.75, 3.05) is 5.33 Å². The molecule has 0 aromatic heterocycles. The van der Waals surface area contributed by atoms with Crippen molar-refractivity contribution in [3.05, 3.63) is 33.8 Å². The molecule has 0 nitrogen and oxygen atoms in total. The minimum atomic E-state index is 0.0433. The second-order valence-electron chi connectivity index (χ2n) is 3.64. The third-order valence-electron chi connectivity index (χ3n) is 1.99. The Morgan fingerprint density at radius 3 is 2.38 bits per heavy atom. The predicted octanol–water partition coefficient (Wildman–Crippen LogP) is 4.67. The van der Waals surface area contributed by atoms with Crippen LogP contribution in [0.4, 0.5) is 0 Å². The molecule has 0 unspecified atom stereocenters. The number of rotatable bonds is 2. The van der Waals surface area contributed by atoms with Gasteiger partial charge in [0.15, 0.2) is 0 Å². The second kappa shape index (κ2) is 4.20. The summed E-state index contributed by atoms with van der Waals surface area (Å²) in [5.41, 5.74) is 1.16. The lowest BCUT2D eigenvalue weighted by Crippen LogP contribution is -2.19. The van der Waals surface area contributed by atoms with Gasteiger partial charge in [-0.15, -0.1) is 0 Å². The van der Waals surface area contributed by atoms with Gasteiger partial charge in [-0.25, -0.2) is 0 Å². The van der Waals surface area contributed by atoms with Gasteiger partial charge in [-0.05, 0) is 17.7 Å². The third kappa shape index (κ3) is 2.61. The monoisotopic (exact) mass is 280 g/mol. The summed E-state index contributed by atoms with van der Waals surface area (Å²) < 4.78 is 0. The maximum Gasteiger partial charge on any atom is 0.0458 e. The van der Waals surface area contributed by atoms with Crippen molar-refractivity contribution in [3.63, 3.8) is 0 Å². The Morgan fingerprint density at radius 1 is 1.31 bits per heavy atom. The highest BCUT2D eigenvalue weighted by Crippen LogP contribution is 2.32. The molecule has 1 aromatic rings. The zero-order valence-corrected chi connectivity index (χ0v) is 10.7. The molecule has 0 fully saturated rings. The van der Waals surface area contributed by atoms with Crippen LogP contribution < -0.4 is 0 Å². The van der Waals surface area contributed by atoms with Gasteiger partial charge >= 0.3 is 0 Å². The van der Waals surface area contributed by atoms with Crippen molar-refractivity contribution in [2.24, 2.45) is 0 Å². The maximum absolute atomic E-state index is 6.09. The quantitative estimate of drug-likeness (QED) is 0.692. The van der Waals surface area contributed by atoms with Crippen molar-refractivity contribution in [1.29, 1.82) is 0 Å². The molecule has 0 N–H and O–H groups in total. The van der Waals surface area contributed by atoms with Crippen molar-refractivity contribution < 1.29 is 0 Å². The molecule has 0 atom stereocenters. The van der Waals surface area contributed by atoms with E-state index in [0.717, 1.165) is 15.9 Å². The number of benzene rings is 1. The molecule has 1 aromatic carbocycles. The molecular formula is C10H11BrCl2. The van der Waals surface area contributed by atoms with E-state index in [-0.39, 0.29) is 5.41 Å². The Labute approximate surface area is 97.4 Å². The van der Waals surface area contributed by atoms with Crippen LogP contribution in [0.5, 0.6) is 0 Å². The molecule has 0 saturated carbocycles. The number of alkyl halides is 1. The van der Waals surface area contributed by atoms with Gasteiger partial charge in [0.25, 0.3) is 0 Å². The van der Waals surface area contributed by atoms with Crippen LogP contribution >= 0.6 is 39.1 Å². The molecule has 0 amide bonds. The van der Waals surface area contributed by atoms with Gasteiger partial charge in [-0.1, -0.05) is 59.0 Å². The van der Waals surface area contributed by atoms with E-state index in [4.69, 9.17) is 23.2 Å². The Bertz CT molecular complexity index is 308. The first-order valence-electron chi connectivity index (χ1n) is 3.99. The summed E-state index contributed by atoms with van der Waals surface area (Å²) in [7, 11) is 0. The summed E-state index contributed by atoms with van der Waals surface area (Å²) in [5.74, 6) is 0. The standard InChI is InChI=1S/C10H11BrCl2/c1-10(2,6-11)8-4-3-7(12)5-9(8)13/h3-5H,6H2,1-2H3. The lowest BCUT2D eigenvalue weighted by atomic mass is 9.87. The topological polar surface area (TPSA) is 0 Å². The van der Waals surface area contributed by atoms with Gasteiger partial charge in [0, 0.05) is 20.8 Å². The van der Waals surface area contributed by atoms with Crippen LogP contribution in [-0.2, 0) is 5.41 Å². The van der Waals surface area contributed by atoms with Crippen LogP contribution in [0.2, 0.25) is 10.0 Å². The molecular weight excluding hydrogens is 271 g/mol. The molecule has 0 aliphatic rings. The van der Waals surface area contributed by atoms with Crippen LogP contribution in [-0.4, -0.2) is 5.33 Å². The third-order valence-corrected chi connectivity index (χ3v) is 3.94. The highest BCUT2D eigenvalue weighted by atomic mass is 79.9. The molecule has 0 aliphatic carbocycles. The zero-order chi connectivity index (χ0) is 10.1. The first-order chi connectivity index (χ1) is 5.97. The Balaban J connectivity index is 3.16. The van der Waals surface area contributed by atoms with E-state index in [1.807, 2.05) is 12.1 Å². The van der Waals surface area contributed by atoms with Gasteiger partial charge in [0.1, 0.15) is 0 Å². The van der Waals surface area contributed by atoms with Crippen LogP contribution in [0.1, 0.15) is 19.4 Å². The van der Waals surface area contributed by atoms with Crippen LogP contribution in [0.15, 0.2) is 18.2 Å². The molecule has 72 valence electrons. The molecule has 0 heterocycles. The Morgan fingerprint density at radius 2 is 1.92 bits per heavy atom. The van der Waals surface area contributed by atoms with E-state index < -0.39 is 0 Å². The smallest absolute Gasteiger partial charge is 0.0458 e. The maximum atomic E-state index is 6.09. The Hall–Kier alpha value is 0.280. The number of hydrogen-bond donors (Lipinski definition) is 0. The van der Waals surface area contributed by atoms with E-state index in [2.05, 4.69) is 29.8 Å². The molecule has 0 bridgehead atoms. The lowest BCUT2D eigenvalue weighted by molar-refractivity contribution is 0.607. The van der Waals surface area contributed by atoms with Crippen molar-refractivity contribution in [3.8, 4) is 0 Å². The van der Waals surface area contributed by atoms with Crippen LogP contribution in [0.3, 0.4) is 0 Å². The Kier molecular flexibility index (Phi) is 3.67. The summed E-state index contributed by atoms with van der Waals surface area (Å²) in [6.45, 7) is 4.27. The van der Waals surface area contributed by atoms with Gasteiger partial charge < -0.3 is 0 Å². The van der Waals surface area contributed by atoms with E-state index in [9.17, 15) is 0 Å². The van der Waals surface area contributed by atoms with Gasteiger partial charge in [0.05, 0.1) is 0 Å². The largest absolute Gasteiger partial charge is 0.0919 e. The summed E-state index contributed by atoms with van der Waals surface area (Å²) in [4.78, 5) is 0. The molecule has 1 rings (SSSR count). The molecule has 0 radical (unpaired) electrons. The van der Waals surface area contributed by atoms with Crippen LogP contribution in [0.25, 0.3) is 0 Å². The number of halogens is 3. The predicted molar refractivity (Wildman–Crippen MR) is 63.3 cm³/mol. The molecule has 13 heavy (non-hydrogen) atoms. The molecule has 0 saturated heterocycles. The minimum absolute atomic E-state index is 0.0433. The normalized spacial score (nSPS) is 11.8. The van der Waals surface area contributed by atoms with Crippen molar-refractivity contribution in [1.82, 2.24) is 0 Å². The SMILES string of the molecule is CC(C)(CBr)c1ccc(Cl)cc1Cl. The van der Waals surface area contributed by atoms with Gasteiger partial charge in [-0.2, -0.15) is 0 Å². The summed E-state index contributed by atoms with van der Waals surface area (Å²) in [5, 5.41) is 2.29. The van der Waals surface area contributed by atoms with E-state index in [0.29, 0.717) is 5.02 Å². The van der Waals surface area contributed by atoms with E-state index in [1.54, 1.807) is 6.07 Å². The minimum Gasteiger partial charge on any atom is -0.0919 e. The van der Waals surface area contributed by atoms with Gasteiger partial charge in [0.2, 0.25) is 0 Å². The first kappa shape index (κ1) is 11.4. The summed E-state index contributed by atoms with van der Waals surface area (Å²) in [6.07, 6.45) is 0. The summed E-state index contributed by atoms with van der Waals surface area (Å²) >= 11 is 15.4. The molecule has 0 spiro atoms. The first-order valence-corrected chi connectivity index (χ1v) is 5.86. The molecule has 3 heteroatoms. The van der Waals surface area contributed by atoms with Crippen LogP contribution in [0, 0.1) is 0 Å². The summed E-state index contributed by atoms with van der Waals surface area (Å²) in [6, 6.07) is 5.63. The van der Waals surface area contributed by atoms with E-state index >= 15 is 0 Å². The fraction of sp³-hybridized carbons (Fsp3) is 0.400. The lowest BCUT2D eigenvalue weighted by Gasteiger charge is -2.23. The average Bonchev–Trinajstić information content (AvgIpc) is 2.03. The molecule has 0 aliphatic heterocycles. The fourth-order valence-corrected chi connectivity index (χ4v) is 2.08. The fourth-order valence-electron chi connectivity index (χ4n) is 1.11. The second-order valence-corrected chi connectivity index (χ2v) is 5.05. The zero-order valence-electron chi connectivity index (χ0n) is 7.57. The highest BCUT2D eigenvalue weighted by Gasteiger charge is 2.21. The highest BCUT2D eigenvalue weighted by molar-refractivity contribution is 9.09. The van der Waals surface area contributed by atoms with Crippen molar-refractivity contribution in [2.45, 2.75) is 19.3 Å². The van der Waals surface area contributed by atoms with Crippen molar-refractivity contribution >= 4 is 39.1 Å². The number of hydrogen-bond acceptors (Lipinski definition) is 0. The van der Waals surface area contributed by atoms with E-state index in [1.165, 1.54) is 0 Å². The van der Waals surface area contributed by atoms with Gasteiger partial charge in [-0.3, -0.25) is 0 Å².